The largest absolute Gasteiger partial charge is 0.508 e. The number of carbonyl (C=O) groups excluding carboxylic acids is 1. The Morgan fingerprint density at radius 2 is 0.806 bits per heavy atom. The number of benzene rings is 8. The van der Waals surface area contributed by atoms with Crippen LogP contribution in [-0.2, 0) is 34.8 Å². The molecule has 516 valence electrons. The van der Waals surface area contributed by atoms with Crippen molar-refractivity contribution >= 4 is 73.2 Å². The van der Waals surface area contributed by atoms with E-state index in [1.54, 1.807) is 152 Å². The number of amides is 1. The Hall–Kier alpha value is -11.4. The molecule has 0 saturated heterocycles. The van der Waals surface area contributed by atoms with Crippen molar-refractivity contribution in [1.29, 1.82) is 0 Å². The predicted octanol–water partition coefficient (Wildman–Crippen LogP) is 18.0. The van der Waals surface area contributed by atoms with Crippen LogP contribution in [0.15, 0.2) is 182 Å². The normalized spacial score (nSPS) is 10.6. The first-order valence-electron chi connectivity index (χ1n) is 28.6. The van der Waals surface area contributed by atoms with Crippen LogP contribution in [0.25, 0.3) is 32.7 Å². The smallest absolute Gasteiger partial charge is 0.416 e. The molecular weight excluding hydrogens is 1300 g/mol. The first kappa shape index (κ1) is 77.3. The lowest BCUT2D eigenvalue weighted by molar-refractivity contribution is -0.139. The van der Waals surface area contributed by atoms with Gasteiger partial charge in [-0.05, 0) is 157 Å². The van der Waals surface area contributed by atoms with E-state index in [1.165, 1.54) is 38.1 Å². The molecule has 0 radical (unpaired) electrons. The topological polar surface area (TPSA) is 251 Å². The van der Waals surface area contributed by atoms with Crippen LogP contribution >= 0.6 is 11.6 Å². The zero-order valence-corrected chi connectivity index (χ0v) is 53.6. The van der Waals surface area contributed by atoms with Crippen molar-refractivity contribution in [2.75, 3.05) is 59.4 Å². The molecular formula is C73H73ClF6N6O12. The van der Waals surface area contributed by atoms with Crippen LogP contribution in [0.5, 0.6) is 63.2 Å². The maximum absolute atomic E-state index is 13.1. The van der Waals surface area contributed by atoms with Crippen LogP contribution in [0.1, 0.15) is 48.2 Å². The van der Waals surface area contributed by atoms with Crippen LogP contribution < -0.4 is 54.7 Å². The summed E-state index contributed by atoms with van der Waals surface area (Å²) in [6, 6.07) is 43.8. The Balaban J connectivity index is 0.000000239. The van der Waals surface area contributed by atoms with E-state index >= 15 is 0 Å². The maximum Gasteiger partial charge on any atom is 0.416 e. The third-order valence-electron chi connectivity index (χ3n) is 13.9. The number of halogens is 7. The lowest BCUT2D eigenvalue weighted by Gasteiger charge is -2.13. The number of carboxylic acid groups (broad SMARTS) is 1. The molecule has 3 aromatic heterocycles. The Morgan fingerprint density at radius 3 is 1.18 bits per heavy atom. The fraction of sp³-hybridized carbons (Fsp3) is 0.192. The molecule has 0 aliphatic rings. The molecule has 7 N–H and O–H groups in total. The van der Waals surface area contributed by atoms with E-state index in [1.807, 2.05) is 36.4 Å². The fourth-order valence-corrected chi connectivity index (χ4v) is 9.32. The molecule has 0 unspecified atom stereocenters. The zero-order chi connectivity index (χ0) is 69.9. The Bertz CT molecular complexity index is 4450. The van der Waals surface area contributed by atoms with Crippen LogP contribution in [-0.4, -0.2) is 79.7 Å². The number of hydrogen-bond donors (Lipinski definition) is 5. The number of rotatable bonds is 15. The summed E-state index contributed by atoms with van der Waals surface area (Å²) in [7, 11) is 9.47. The SMILES string of the molecule is C.C.COc1cc2nccc(Cl)c2cc1OC.COc1cc2nccc(Oc3ccc(N)cc3)c2cc1OC.COc1cc2nccc(Oc3ccc(NC(=O)Cc4ccc(C)c(C(F)(F)F)c4)cc3)c2cc1OC.Cc1ccc(CC(=O)O)cc1C(F)(F)F.Nc1ccc(O)cc1. The highest BCUT2D eigenvalue weighted by atomic mass is 35.5. The molecule has 25 heteroatoms. The number of carbonyl (C=O) groups is 2. The van der Waals surface area contributed by atoms with E-state index in [0.29, 0.717) is 85.1 Å². The molecule has 11 aromatic rings. The summed E-state index contributed by atoms with van der Waals surface area (Å²) in [4.78, 5) is 35.6. The maximum atomic E-state index is 13.1. The number of carboxylic acids is 1. The molecule has 0 saturated carbocycles. The van der Waals surface area contributed by atoms with E-state index in [4.69, 9.17) is 71.2 Å². The highest BCUT2D eigenvalue weighted by Crippen LogP contribution is 2.40. The highest BCUT2D eigenvalue weighted by Gasteiger charge is 2.33. The first-order chi connectivity index (χ1) is 45.7. The molecule has 11 rings (SSSR count). The molecule has 0 fully saturated rings. The Labute approximate surface area is 567 Å². The molecule has 8 aromatic carbocycles. The highest BCUT2D eigenvalue weighted by molar-refractivity contribution is 6.35. The molecule has 18 nitrogen and oxygen atoms in total. The second kappa shape index (κ2) is 35.4. The van der Waals surface area contributed by atoms with Crippen LogP contribution in [0.3, 0.4) is 0 Å². The molecule has 98 heavy (non-hydrogen) atoms. The molecule has 0 aliphatic carbocycles. The molecule has 0 spiro atoms. The number of aryl methyl sites for hydroxylation is 2. The van der Waals surface area contributed by atoms with E-state index in [0.717, 1.165) is 39.3 Å². The third-order valence-corrected chi connectivity index (χ3v) is 14.2. The van der Waals surface area contributed by atoms with Crippen molar-refractivity contribution in [2.45, 2.75) is 53.9 Å². The number of pyridine rings is 3. The van der Waals surface area contributed by atoms with E-state index in [-0.39, 0.29) is 49.3 Å². The number of nitrogens with one attached hydrogen (secondary N) is 1. The monoisotopic (exact) mass is 1370 g/mol. The van der Waals surface area contributed by atoms with Gasteiger partial charge in [-0.2, -0.15) is 26.3 Å². The predicted molar refractivity (Wildman–Crippen MR) is 369 cm³/mol. The van der Waals surface area contributed by atoms with E-state index in [9.17, 15) is 35.9 Å². The molecule has 0 aliphatic heterocycles. The van der Waals surface area contributed by atoms with Gasteiger partial charge in [-0.1, -0.05) is 50.7 Å². The number of hydrogen-bond acceptors (Lipinski definition) is 16. The fourth-order valence-electron chi connectivity index (χ4n) is 9.12. The zero-order valence-electron chi connectivity index (χ0n) is 52.9. The molecule has 3 heterocycles. The van der Waals surface area contributed by atoms with Crippen molar-refractivity contribution in [3.8, 4) is 63.2 Å². The third kappa shape index (κ3) is 21.3. The number of fused-ring (bicyclic) bond motifs is 3. The average molecular weight is 1380 g/mol. The van der Waals surface area contributed by atoms with Crippen molar-refractivity contribution in [1.82, 2.24) is 15.0 Å². The van der Waals surface area contributed by atoms with Crippen LogP contribution in [0, 0.1) is 13.8 Å². The number of anilines is 3. The van der Waals surface area contributed by atoms with Crippen LogP contribution in [0.4, 0.5) is 43.4 Å². The number of ether oxygens (including phenoxy) is 8. The summed E-state index contributed by atoms with van der Waals surface area (Å²) in [5.41, 5.74) is 14.2. The van der Waals surface area contributed by atoms with E-state index < -0.39 is 41.8 Å². The summed E-state index contributed by atoms with van der Waals surface area (Å²) in [6.07, 6.45) is -4.51. The summed E-state index contributed by atoms with van der Waals surface area (Å²) < 4.78 is 120. The molecule has 0 bridgehead atoms. The molecule has 0 atom stereocenters. The van der Waals surface area contributed by atoms with Gasteiger partial charge in [0.1, 0.15) is 28.7 Å². The Morgan fingerprint density at radius 1 is 0.459 bits per heavy atom. The van der Waals surface area contributed by atoms with Gasteiger partial charge in [0, 0.05) is 70.0 Å². The number of alkyl halides is 6. The minimum absolute atomic E-state index is 0. The number of aromatic hydroxyl groups is 1. The standard InChI is InChI=1S/C27H23F3N2O4.C17H16N2O3.C11H10ClNO2.C10H9F3O2.C6H7NO.2CH4/c1-16-4-5-17(12-21(16)27(28,29)30)13-26(33)32-18-6-8-19(9-7-18)36-23-10-11-31-22-15-25(35-3)24(34-2)14-20(22)23;1-20-16-9-13-14(10-17(16)21-2)19-8-7-15(13)22-12-5-3-11(18)4-6-12;1-14-10-5-7-8(12)3-4-13-9(7)6-11(10)15-2;1-6-2-3-7(5-9(14)15)4-8(6)10(11,12)13;7-5-1-3-6(8)4-2-5;;/h4-12,14-15H,13H2,1-3H3,(H,32,33);3-10H,18H2,1-2H3;3-6H,1-2H3;2-4H,5H2,1H3,(H,14,15);1-4,8H,7H2;2*1H4. The quantitative estimate of drug-likeness (QED) is 0.0363. The number of nitrogens with zero attached hydrogens (tertiary/aromatic N) is 3. The van der Waals surface area contributed by atoms with Crippen LogP contribution in [0.2, 0.25) is 5.02 Å². The summed E-state index contributed by atoms with van der Waals surface area (Å²) in [5, 5.41) is 22.9. The van der Waals surface area contributed by atoms with Gasteiger partial charge in [0.25, 0.3) is 0 Å². The van der Waals surface area contributed by atoms with Gasteiger partial charge >= 0.3 is 18.3 Å². The number of nitrogen functional groups attached to an aromatic ring is 2. The number of methoxy groups -OCH3 is 6. The minimum Gasteiger partial charge on any atom is -0.508 e. The second-order valence-electron chi connectivity index (χ2n) is 20.6. The lowest BCUT2D eigenvalue weighted by atomic mass is 10.0. The minimum atomic E-state index is -4.47. The first-order valence-corrected chi connectivity index (χ1v) is 29.0. The average Bonchev–Trinajstić information content (AvgIpc) is 0.816. The van der Waals surface area contributed by atoms with Gasteiger partial charge in [-0.25, -0.2) is 0 Å². The molecule has 1 amide bonds. The van der Waals surface area contributed by atoms with Gasteiger partial charge in [0.15, 0.2) is 34.5 Å². The summed E-state index contributed by atoms with van der Waals surface area (Å²) in [6.45, 7) is 2.73. The lowest BCUT2D eigenvalue weighted by Crippen LogP contribution is -2.15. The number of aliphatic carboxylic acids is 1. The number of aromatic nitrogens is 3. The van der Waals surface area contributed by atoms with Gasteiger partial charge in [-0.3, -0.25) is 24.5 Å². The van der Waals surface area contributed by atoms with Crippen molar-refractivity contribution < 1.29 is 84.0 Å². The second-order valence-corrected chi connectivity index (χ2v) is 21.0. The van der Waals surface area contributed by atoms with E-state index in [2.05, 4.69) is 20.3 Å². The van der Waals surface area contributed by atoms with Crippen molar-refractivity contribution in [2.24, 2.45) is 0 Å². The summed E-state index contributed by atoms with van der Waals surface area (Å²) in [5.74, 6) is 4.80. The number of phenols is 1. The van der Waals surface area contributed by atoms with Gasteiger partial charge in [0.2, 0.25) is 5.91 Å². The number of nitrogens with two attached hydrogens (primary N) is 2. The Kier molecular flexibility index (Phi) is 27.9. The number of phenolic OH excluding ortho intramolecular Hbond substituents is 1. The van der Waals surface area contributed by atoms with Crippen molar-refractivity contribution in [3.63, 3.8) is 0 Å². The summed E-state index contributed by atoms with van der Waals surface area (Å²) >= 11 is 6.05. The van der Waals surface area contributed by atoms with Gasteiger partial charge < -0.3 is 64.9 Å². The van der Waals surface area contributed by atoms with Gasteiger partial charge in [-0.15, -0.1) is 0 Å². The van der Waals surface area contributed by atoms with Crippen molar-refractivity contribution in [3.05, 3.63) is 221 Å². The van der Waals surface area contributed by atoms with Gasteiger partial charge in [0.05, 0.1) is 88.2 Å².